The smallest absolute Gasteiger partial charge is 0.232 e. The lowest BCUT2D eigenvalue weighted by Gasteiger charge is -2.18. The van der Waals surface area contributed by atoms with E-state index in [1.165, 1.54) is 25.7 Å². The number of benzene rings is 1. The molecule has 4 heteroatoms. The molecule has 2 atom stereocenters. The van der Waals surface area contributed by atoms with Crippen LogP contribution in [0, 0.1) is 5.92 Å². The Hall–Kier alpha value is -0.730. The molecule has 2 unspecified atom stereocenters. The second-order valence-electron chi connectivity index (χ2n) is 5.65. The van der Waals surface area contributed by atoms with E-state index in [0.717, 1.165) is 17.7 Å². The van der Waals surface area contributed by atoms with Gasteiger partial charge in [-0.25, -0.2) is 0 Å². The van der Waals surface area contributed by atoms with Gasteiger partial charge >= 0.3 is 0 Å². The monoisotopic (exact) mass is 313 g/mol. The van der Waals surface area contributed by atoms with Gasteiger partial charge in [-0.15, -0.1) is 0 Å². The summed E-state index contributed by atoms with van der Waals surface area (Å²) in [5, 5.41) is 4.02. The average molecular weight is 314 g/mol. The maximum Gasteiger partial charge on any atom is 0.232 e. The highest BCUT2D eigenvalue weighted by atomic mass is 35.5. The minimum Gasteiger partial charge on any atom is -0.324 e. The van der Waals surface area contributed by atoms with Crippen LogP contribution in [0.4, 0.5) is 5.69 Å². The van der Waals surface area contributed by atoms with Gasteiger partial charge in [-0.2, -0.15) is 0 Å². The Balaban J connectivity index is 2.12. The molecule has 1 aliphatic heterocycles. The zero-order valence-electron chi connectivity index (χ0n) is 12.0. The summed E-state index contributed by atoms with van der Waals surface area (Å²) in [6.45, 7) is 4.34. The summed E-state index contributed by atoms with van der Waals surface area (Å²) in [6, 6.07) is 3.55. The molecule has 1 N–H and O–H groups in total. The van der Waals surface area contributed by atoms with Crippen LogP contribution in [0.2, 0.25) is 10.0 Å². The lowest BCUT2D eigenvalue weighted by molar-refractivity contribution is -0.118. The quantitative estimate of drug-likeness (QED) is 0.677. The van der Waals surface area contributed by atoms with Gasteiger partial charge in [0.25, 0.3) is 0 Å². The number of hydrogen-bond acceptors (Lipinski definition) is 1. The summed E-state index contributed by atoms with van der Waals surface area (Å²) in [5.74, 6) is 0.234. The van der Waals surface area contributed by atoms with Crippen LogP contribution in [0.5, 0.6) is 0 Å². The number of carbonyl (C=O) groups excluding carboxylic acids is 1. The Morgan fingerprint density at radius 1 is 1.25 bits per heavy atom. The van der Waals surface area contributed by atoms with Crippen LogP contribution in [-0.2, 0) is 4.79 Å². The first-order valence-corrected chi connectivity index (χ1v) is 8.10. The van der Waals surface area contributed by atoms with E-state index < -0.39 is 0 Å². The number of anilines is 1. The lowest BCUT2D eigenvalue weighted by Crippen LogP contribution is -2.19. The van der Waals surface area contributed by atoms with E-state index in [1.54, 1.807) is 6.07 Å². The zero-order valence-corrected chi connectivity index (χ0v) is 13.5. The highest BCUT2D eigenvalue weighted by Gasteiger charge is 2.35. The molecule has 1 heterocycles. The molecule has 2 nitrogen and oxygen atoms in total. The summed E-state index contributed by atoms with van der Waals surface area (Å²) in [5.41, 5.74) is 1.70. The summed E-state index contributed by atoms with van der Waals surface area (Å²) in [7, 11) is 0. The number of nitrogens with one attached hydrogen (secondary N) is 1. The molecule has 0 saturated heterocycles. The van der Waals surface area contributed by atoms with Crippen molar-refractivity contribution in [2.45, 2.75) is 51.9 Å². The summed E-state index contributed by atoms with van der Waals surface area (Å²) < 4.78 is 0. The van der Waals surface area contributed by atoms with Gasteiger partial charge in [-0.05, 0) is 30.0 Å². The number of amides is 1. The molecule has 0 fully saturated rings. The average Bonchev–Trinajstić information content (AvgIpc) is 2.71. The van der Waals surface area contributed by atoms with Gasteiger partial charge in [0.05, 0.1) is 16.6 Å². The van der Waals surface area contributed by atoms with Crippen LogP contribution in [-0.4, -0.2) is 5.91 Å². The molecule has 0 spiro atoms. The second kappa shape index (κ2) is 6.82. The zero-order chi connectivity index (χ0) is 14.7. The fourth-order valence-electron chi connectivity index (χ4n) is 2.94. The van der Waals surface area contributed by atoms with E-state index in [2.05, 4.69) is 19.2 Å². The Bertz CT molecular complexity index is 501. The molecule has 0 saturated carbocycles. The van der Waals surface area contributed by atoms with Gasteiger partial charge in [0.15, 0.2) is 0 Å². The van der Waals surface area contributed by atoms with Crippen molar-refractivity contribution < 1.29 is 4.79 Å². The third kappa shape index (κ3) is 3.29. The number of carbonyl (C=O) groups is 1. The van der Waals surface area contributed by atoms with Crippen molar-refractivity contribution >= 4 is 34.8 Å². The SMILES string of the molecule is CCCCCCC(C)C1C(=O)Nc2c(Cl)cc(Cl)cc21. The number of rotatable bonds is 6. The fraction of sp³-hybridized carbons (Fsp3) is 0.562. The van der Waals surface area contributed by atoms with Gasteiger partial charge in [0, 0.05) is 5.02 Å². The van der Waals surface area contributed by atoms with Crippen LogP contribution in [0.1, 0.15) is 57.4 Å². The van der Waals surface area contributed by atoms with E-state index in [1.807, 2.05) is 6.07 Å². The largest absolute Gasteiger partial charge is 0.324 e. The summed E-state index contributed by atoms with van der Waals surface area (Å²) >= 11 is 12.2. The predicted octanol–water partition coefficient (Wildman–Crippen LogP) is 5.64. The molecule has 2 rings (SSSR count). The molecule has 110 valence electrons. The first-order chi connectivity index (χ1) is 9.54. The van der Waals surface area contributed by atoms with Crippen LogP contribution in [0.15, 0.2) is 12.1 Å². The predicted molar refractivity (Wildman–Crippen MR) is 85.8 cm³/mol. The van der Waals surface area contributed by atoms with Gasteiger partial charge in [-0.3, -0.25) is 4.79 Å². The van der Waals surface area contributed by atoms with Crippen molar-refractivity contribution in [2.24, 2.45) is 5.92 Å². The molecule has 0 aromatic heterocycles. The standard InChI is InChI=1S/C16H21Cl2NO/c1-3-4-5-6-7-10(2)14-12-8-11(17)9-13(18)15(12)19-16(14)20/h8-10,14H,3-7H2,1-2H3,(H,19,20). The van der Waals surface area contributed by atoms with Gasteiger partial charge < -0.3 is 5.32 Å². The Morgan fingerprint density at radius 2 is 2.00 bits per heavy atom. The summed E-state index contributed by atoms with van der Waals surface area (Å²) in [4.78, 5) is 12.2. The topological polar surface area (TPSA) is 29.1 Å². The minimum absolute atomic E-state index is 0.0483. The van der Waals surface area contributed by atoms with Gasteiger partial charge in [0.2, 0.25) is 5.91 Å². The fourth-order valence-corrected chi connectivity index (χ4v) is 3.49. The van der Waals surface area contributed by atoms with Crippen molar-refractivity contribution in [2.75, 3.05) is 5.32 Å². The number of hydrogen-bond donors (Lipinski definition) is 1. The van der Waals surface area contributed by atoms with E-state index in [4.69, 9.17) is 23.2 Å². The molecular weight excluding hydrogens is 293 g/mol. The van der Waals surface area contributed by atoms with Crippen LogP contribution in [0.25, 0.3) is 0 Å². The van der Waals surface area contributed by atoms with E-state index in [-0.39, 0.29) is 11.8 Å². The molecule has 0 bridgehead atoms. The lowest BCUT2D eigenvalue weighted by atomic mass is 9.85. The third-order valence-corrected chi connectivity index (χ3v) is 4.55. The maximum atomic E-state index is 12.2. The summed E-state index contributed by atoms with van der Waals surface area (Å²) in [6.07, 6.45) is 5.95. The molecule has 1 aromatic rings. The molecule has 0 aliphatic carbocycles. The van der Waals surface area contributed by atoms with E-state index in [9.17, 15) is 4.79 Å². The third-order valence-electron chi connectivity index (χ3n) is 4.03. The van der Waals surface area contributed by atoms with E-state index in [0.29, 0.717) is 16.0 Å². The first-order valence-electron chi connectivity index (χ1n) is 7.34. The normalized spacial score (nSPS) is 18.8. The van der Waals surface area contributed by atoms with Crippen LogP contribution < -0.4 is 5.32 Å². The maximum absolute atomic E-state index is 12.2. The Kier molecular flexibility index (Phi) is 5.34. The van der Waals surface area contributed by atoms with Gasteiger partial charge in [0.1, 0.15) is 0 Å². The van der Waals surface area contributed by atoms with Crippen LogP contribution in [0.3, 0.4) is 0 Å². The highest BCUT2D eigenvalue weighted by Crippen LogP contribution is 2.44. The number of unbranched alkanes of at least 4 members (excludes halogenated alkanes) is 3. The first kappa shape index (κ1) is 15.7. The molecule has 1 aromatic carbocycles. The van der Waals surface area contributed by atoms with Crippen molar-refractivity contribution in [3.63, 3.8) is 0 Å². The molecule has 1 aliphatic rings. The highest BCUT2D eigenvalue weighted by molar-refractivity contribution is 6.37. The molecule has 0 radical (unpaired) electrons. The molecule has 1 amide bonds. The van der Waals surface area contributed by atoms with Crippen molar-refractivity contribution in [1.29, 1.82) is 0 Å². The second-order valence-corrected chi connectivity index (χ2v) is 6.49. The minimum atomic E-state index is -0.122. The van der Waals surface area contributed by atoms with Crippen molar-refractivity contribution in [1.82, 2.24) is 0 Å². The van der Waals surface area contributed by atoms with Gasteiger partial charge in [-0.1, -0.05) is 62.7 Å². The van der Waals surface area contributed by atoms with Crippen LogP contribution >= 0.6 is 23.2 Å². The Morgan fingerprint density at radius 3 is 2.70 bits per heavy atom. The molecular formula is C16H21Cl2NO. The number of fused-ring (bicyclic) bond motifs is 1. The van der Waals surface area contributed by atoms with E-state index >= 15 is 0 Å². The molecule has 20 heavy (non-hydrogen) atoms. The van der Waals surface area contributed by atoms with Crippen molar-refractivity contribution in [3.05, 3.63) is 27.7 Å². The Labute approximate surface area is 130 Å². The van der Waals surface area contributed by atoms with Crippen molar-refractivity contribution in [3.8, 4) is 0 Å². The number of halogens is 2.